The number of carbonyl (C=O) groups excluding carboxylic acids is 1. The number of aromatic nitrogens is 1. The van der Waals surface area contributed by atoms with E-state index in [2.05, 4.69) is 20.9 Å². The molecule has 0 aromatic carbocycles. The third-order valence-electron chi connectivity index (χ3n) is 3.38. The van der Waals surface area contributed by atoms with Gasteiger partial charge in [0.25, 0.3) is 0 Å². The van der Waals surface area contributed by atoms with Crippen LogP contribution in [-0.4, -0.2) is 46.6 Å². The van der Waals surface area contributed by atoms with Crippen LogP contribution in [0.1, 0.15) is 13.3 Å². The van der Waals surface area contributed by atoms with Gasteiger partial charge in [-0.2, -0.15) is 0 Å². The third-order valence-corrected chi connectivity index (χ3v) is 3.85. The van der Waals surface area contributed by atoms with Gasteiger partial charge in [0.1, 0.15) is 5.82 Å². The normalized spacial score (nSPS) is 18.1. The fraction of sp³-hybridized carbons (Fsp3) is 0.462. The Labute approximate surface area is 125 Å². The predicted octanol–water partition coefficient (Wildman–Crippen LogP) is 2.20. The van der Waals surface area contributed by atoms with E-state index in [-0.39, 0.29) is 18.4 Å². The van der Waals surface area contributed by atoms with Crippen LogP contribution in [0.5, 0.6) is 0 Å². The minimum absolute atomic E-state index is 0.0638. The molecule has 1 atom stereocenters. The zero-order valence-corrected chi connectivity index (χ0v) is 12.7. The minimum atomic E-state index is -0.967. The second kappa shape index (κ2) is 6.21. The van der Waals surface area contributed by atoms with Crippen molar-refractivity contribution in [2.75, 3.05) is 24.5 Å². The summed E-state index contributed by atoms with van der Waals surface area (Å²) in [7, 11) is 0. The van der Waals surface area contributed by atoms with Crippen molar-refractivity contribution in [1.29, 1.82) is 0 Å². The zero-order chi connectivity index (χ0) is 14.7. The Balaban J connectivity index is 2.10. The molecule has 1 aliphatic rings. The minimum Gasteiger partial charge on any atom is -0.465 e. The first kappa shape index (κ1) is 14.8. The third kappa shape index (κ3) is 3.09. The van der Waals surface area contributed by atoms with Gasteiger partial charge < -0.3 is 10.0 Å². The number of carboxylic acid groups (broad SMARTS) is 1. The second-order valence-corrected chi connectivity index (χ2v) is 5.55. The smallest absolute Gasteiger partial charge is 0.407 e. The molecule has 1 saturated heterocycles. The van der Waals surface area contributed by atoms with E-state index in [0.29, 0.717) is 25.3 Å². The topological polar surface area (TPSA) is 73.7 Å². The maximum atomic E-state index is 12.5. The summed E-state index contributed by atoms with van der Waals surface area (Å²) in [5.41, 5.74) is 0. The lowest BCUT2D eigenvalue weighted by Crippen LogP contribution is -2.38. The molecular formula is C13H16BrN3O3. The molecule has 1 aliphatic heterocycles. The van der Waals surface area contributed by atoms with Crippen molar-refractivity contribution in [3.8, 4) is 0 Å². The molecule has 2 amide bonds. The van der Waals surface area contributed by atoms with E-state index < -0.39 is 6.09 Å². The molecule has 1 unspecified atom stereocenters. The van der Waals surface area contributed by atoms with Gasteiger partial charge in [-0.05, 0) is 41.4 Å². The Morgan fingerprint density at radius 3 is 2.80 bits per heavy atom. The predicted molar refractivity (Wildman–Crippen MR) is 77.7 cm³/mol. The van der Waals surface area contributed by atoms with Crippen LogP contribution in [0.3, 0.4) is 0 Å². The van der Waals surface area contributed by atoms with Crippen LogP contribution in [-0.2, 0) is 4.79 Å². The van der Waals surface area contributed by atoms with Crippen LogP contribution >= 0.6 is 15.9 Å². The highest BCUT2D eigenvalue weighted by Crippen LogP contribution is 2.22. The fourth-order valence-corrected chi connectivity index (χ4v) is 2.55. The van der Waals surface area contributed by atoms with Gasteiger partial charge in [0, 0.05) is 30.3 Å². The SMILES string of the molecule is CCN(C(=O)C1CCN(C(=O)O)C1)c1ccc(Br)cn1. The van der Waals surface area contributed by atoms with Gasteiger partial charge in [-0.15, -0.1) is 0 Å². The molecule has 0 spiro atoms. The Kier molecular flexibility index (Phi) is 4.59. The zero-order valence-electron chi connectivity index (χ0n) is 11.1. The van der Waals surface area contributed by atoms with Gasteiger partial charge in [0.15, 0.2) is 0 Å². The van der Waals surface area contributed by atoms with Crippen molar-refractivity contribution < 1.29 is 14.7 Å². The molecule has 1 fully saturated rings. The molecule has 6 nitrogen and oxygen atoms in total. The molecular weight excluding hydrogens is 326 g/mol. The van der Waals surface area contributed by atoms with Crippen molar-refractivity contribution in [2.24, 2.45) is 5.92 Å². The van der Waals surface area contributed by atoms with Crippen LogP contribution in [0.2, 0.25) is 0 Å². The first-order valence-corrected chi connectivity index (χ1v) is 7.23. The standard InChI is InChI=1S/C13H16BrN3O3/c1-2-17(11-4-3-10(14)7-15-11)12(18)9-5-6-16(8-9)13(19)20/h3-4,7,9H,2,5-6,8H2,1H3,(H,19,20). The molecule has 1 aromatic heterocycles. The lowest BCUT2D eigenvalue weighted by atomic mass is 10.1. The summed E-state index contributed by atoms with van der Waals surface area (Å²) in [6.45, 7) is 3.07. The number of rotatable bonds is 3. The quantitative estimate of drug-likeness (QED) is 0.914. The van der Waals surface area contributed by atoms with Crippen LogP contribution in [0.15, 0.2) is 22.8 Å². The van der Waals surface area contributed by atoms with Crippen LogP contribution < -0.4 is 4.90 Å². The van der Waals surface area contributed by atoms with E-state index in [1.807, 2.05) is 13.0 Å². The van der Waals surface area contributed by atoms with Gasteiger partial charge in [0.05, 0.1) is 5.92 Å². The second-order valence-electron chi connectivity index (χ2n) is 4.63. The summed E-state index contributed by atoms with van der Waals surface area (Å²) in [5.74, 6) is 0.247. The number of likely N-dealkylation sites (tertiary alicyclic amines) is 1. The summed E-state index contributed by atoms with van der Waals surface area (Å²) >= 11 is 3.31. The highest BCUT2D eigenvalue weighted by molar-refractivity contribution is 9.10. The number of carbonyl (C=O) groups is 2. The number of anilines is 1. The van der Waals surface area contributed by atoms with Gasteiger partial charge in [-0.1, -0.05) is 0 Å². The number of amides is 2. The molecule has 0 radical (unpaired) electrons. The van der Waals surface area contributed by atoms with Gasteiger partial charge in [0.2, 0.25) is 5.91 Å². The molecule has 0 aliphatic carbocycles. The number of hydrogen-bond donors (Lipinski definition) is 1. The highest BCUT2D eigenvalue weighted by atomic mass is 79.9. The van der Waals surface area contributed by atoms with Crippen LogP contribution in [0.4, 0.5) is 10.6 Å². The first-order chi connectivity index (χ1) is 9.52. The summed E-state index contributed by atoms with van der Waals surface area (Å²) < 4.78 is 0.850. The molecule has 20 heavy (non-hydrogen) atoms. The van der Waals surface area contributed by atoms with E-state index >= 15 is 0 Å². The van der Waals surface area contributed by atoms with E-state index in [1.165, 1.54) is 4.90 Å². The summed E-state index contributed by atoms with van der Waals surface area (Å²) in [4.78, 5) is 30.5. The number of halogens is 1. The van der Waals surface area contributed by atoms with E-state index in [0.717, 1.165) is 4.47 Å². The Bertz CT molecular complexity index is 506. The van der Waals surface area contributed by atoms with Gasteiger partial charge >= 0.3 is 6.09 Å². The summed E-state index contributed by atoms with van der Waals surface area (Å²) in [6, 6.07) is 3.60. The first-order valence-electron chi connectivity index (χ1n) is 6.43. The largest absolute Gasteiger partial charge is 0.465 e. The van der Waals surface area contributed by atoms with E-state index in [9.17, 15) is 9.59 Å². The molecule has 108 valence electrons. The number of pyridine rings is 1. The number of nitrogens with zero attached hydrogens (tertiary/aromatic N) is 3. The fourth-order valence-electron chi connectivity index (χ4n) is 2.31. The highest BCUT2D eigenvalue weighted by Gasteiger charge is 2.33. The van der Waals surface area contributed by atoms with Crippen molar-refractivity contribution in [2.45, 2.75) is 13.3 Å². The number of hydrogen-bond acceptors (Lipinski definition) is 3. The van der Waals surface area contributed by atoms with Crippen molar-refractivity contribution >= 4 is 33.7 Å². The lowest BCUT2D eigenvalue weighted by molar-refractivity contribution is -0.121. The molecule has 7 heteroatoms. The van der Waals surface area contributed by atoms with Gasteiger partial charge in [-0.3, -0.25) is 9.69 Å². The Hall–Kier alpha value is -1.63. The van der Waals surface area contributed by atoms with E-state index in [1.54, 1.807) is 17.2 Å². The summed E-state index contributed by atoms with van der Waals surface area (Å²) in [6.07, 6.45) is 1.24. The average molecular weight is 342 g/mol. The van der Waals surface area contributed by atoms with Crippen molar-refractivity contribution in [3.63, 3.8) is 0 Å². The molecule has 0 bridgehead atoms. The van der Waals surface area contributed by atoms with E-state index in [4.69, 9.17) is 5.11 Å². The van der Waals surface area contributed by atoms with Gasteiger partial charge in [-0.25, -0.2) is 9.78 Å². The maximum Gasteiger partial charge on any atom is 0.407 e. The van der Waals surface area contributed by atoms with Crippen LogP contribution in [0, 0.1) is 5.92 Å². The Morgan fingerprint density at radius 2 is 2.30 bits per heavy atom. The maximum absolute atomic E-state index is 12.5. The van der Waals surface area contributed by atoms with Crippen LogP contribution in [0.25, 0.3) is 0 Å². The molecule has 2 rings (SSSR count). The average Bonchev–Trinajstić information content (AvgIpc) is 2.91. The molecule has 1 aromatic rings. The lowest BCUT2D eigenvalue weighted by Gasteiger charge is -2.23. The molecule has 0 saturated carbocycles. The van der Waals surface area contributed by atoms with Crippen molar-refractivity contribution in [3.05, 3.63) is 22.8 Å². The van der Waals surface area contributed by atoms with Crippen molar-refractivity contribution in [1.82, 2.24) is 9.88 Å². The Morgan fingerprint density at radius 1 is 1.55 bits per heavy atom. The summed E-state index contributed by atoms with van der Waals surface area (Å²) in [5, 5.41) is 8.94. The monoisotopic (exact) mass is 341 g/mol. The molecule has 2 heterocycles. The molecule has 1 N–H and O–H groups in total.